The third kappa shape index (κ3) is 4.06. The number of likely N-dealkylation sites (tertiary alicyclic amines) is 1. The molecular formula is C16H24N2O. The number of carbonyl (C=O) groups is 1. The Kier molecular flexibility index (Phi) is 5.40. The number of rotatable bonds is 4. The molecule has 1 amide bonds. The largest absolute Gasteiger partial charge is 0.343 e. The van der Waals surface area contributed by atoms with E-state index >= 15 is 0 Å². The van der Waals surface area contributed by atoms with E-state index in [-0.39, 0.29) is 11.8 Å². The van der Waals surface area contributed by atoms with Crippen molar-refractivity contribution in [3.05, 3.63) is 35.9 Å². The van der Waals surface area contributed by atoms with Gasteiger partial charge in [0.1, 0.15) is 0 Å². The zero-order valence-electron chi connectivity index (χ0n) is 11.6. The van der Waals surface area contributed by atoms with Gasteiger partial charge in [0.25, 0.3) is 0 Å². The maximum absolute atomic E-state index is 12.4. The van der Waals surface area contributed by atoms with E-state index in [1.54, 1.807) is 0 Å². The van der Waals surface area contributed by atoms with Crippen molar-refractivity contribution >= 4 is 5.91 Å². The standard InChI is InChI=1S/C16H24N2O/c17-13-15(14-8-4-3-5-9-14)12-16(19)18-10-6-1-2-7-11-18/h3-5,8-9,15H,1-2,6-7,10-13,17H2. The maximum Gasteiger partial charge on any atom is 0.223 e. The molecule has 1 aromatic rings. The first kappa shape index (κ1) is 14.1. The van der Waals surface area contributed by atoms with Gasteiger partial charge in [-0.1, -0.05) is 43.2 Å². The summed E-state index contributed by atoms with van der Waals surface area (Å²) in [6, 6.07) is 10.1. The van der Waals surface area contributed by atoms with Crippen LogP contribution in [-0.2, 0) is 4.79 Å². The van der Waals surface area contributed by atoms with Crippen LogP contribution in [0.3, 0.4) is 0 Å². The van der Waals surface area contributed by atoms with Gasteiger partial charge in [-0.2, -0.15) is 0 Å². The highest BCUT2D eigenvalue weighted by Gasteiger charge is 2.20. The molecule has 1 aromatic carbocycles. The van der Waals surface area contributed by atoms with Gasteiger partial charge >= 0.3 is 0 Å². The molecule has 0 spiro atoms. The summed E-state index contributed by atoms with van der Waals surface area (Å²) >= 11 is 0. The molecule has 1 saturated heterocycles. The molecular weight excluding hydrogens is 236 g/mol. The van der Waals surface area contributed by atoms with Gasteiger partial charge < -0.3 is 10.6 Å². The topological polar surface area (TPSA) is 46.3 Å². The number of benzene rings is 1. The van der Waals surface area contributed by atoms with Crippen LogP contribution >= 0.6 is 0 Å². The van der Waals surface area contributed by atoms with E-state index in [9.17, 15) is 4.79 Å². The second kappa shape index (κ2) is 7.29. The lowest BCUT2D eigenvalue weighted by Gasteiger charge is -2.23. The summed E-state index contributed by atoms with van der Waals surface area (Å²) in [7, 11) is 0. The number of hydrogen-bond acceptors (Lipinski definition) is 2. The van der Waals surface area contributed by atoms with E-state index in [1.165, 1.54) is 18.4 Å². The first-order valence-electron chi connectivity index (χ1n) is 7.34. The van der Waals surface area contributed by atoms with Crippen LogP contribution in [0, 0.1) is 0 Å². The van der Waals surface area contributed by atoms with E-state index in [4.69, 9.17) is 5.73 Å². The zero-order chi connectivity index (χ0) is 13.5. The molecule has 1 unspecified atom stereocenters. The van der Waals surface area contributed by atoms with Crippen molar-refractivity contribution in [1.29, 1.82) is 0 Å². The predicted molar refractivity (Wildman–Crippen MR) is 77.9 cm³/mol. The average molecular weight is 260 g/mol. The van der Waals surface area contributed by atoms with Crippen LogP contribution in [0.25, 0.3) is 0 Å². The van der Waals surface area contributed by atoms with Crippen molar-refractivity contribution in [3.63, 3.8) is 0 Å². The average Bonchev–Trinajstić information content (AvgIpc) is 2.74. The van der Waals surface area contributed by atoms with Crippen LogP contribution in [0.2, 0.25) is 0 Å². The molecule has 1 heterocycles. The highest BCUT2D eigenvalue weighted by atomic mass is 16.2. The summed E-state index contributed by atoms with van der Waals surface area (Å²) in [6.45, 7) is 2.37. The molecule has 3 nitrogen and oxygen atoms in total. The van der Waals surface area contributed by atoms with Gasteiger partial charge in [0.2, 0.25) is 5.91 Å². The summed E-state index contributed by atoms with van der Waals surface area (Å²) < 4.78 is 0. The first-order valence-corrected chi connectivity index (χ1v) is 7.34. The normalized spacial score (nSPS) is 17.8. The highest BCUT2D eigenvalue weighted by Crippen LogP contribution is 2.20. The third-order valence-electron chi connectivity index (χ3n) is 3.94. The fourth-order valence-electron chi connectivity index (χ4n) is 2.72. The lowest BCUT2D eigenvalue weighted by atomic mass is 9.95. The van der Waals surface area contributed by atoms with E-state index < -0.39 is 0 Å². The fourth-order valence-corrected chi connectivity index (χ4v) is 2.72. The molecule has 0 saturated carbocycles. The number of nitrogens with zero attached hydrogens (tertiary/aromatic N) is 1. The van der Waals surface area contributed by atoms with Gasteiger partial charge in [-0.25, -0.2) is 0 Å². The summed E-state index contributed by atoms with van der Waals surface area (Å²) in [5.41, 5.74) is 7.02. The molecule has 3 heteroatoms. The molecule has 19 heavy (non-hydrogen) atoms. The van der Waals surface area contributed by atoms with Crippen molar-refractivity contribution in [2.75, 3.05) is 19.6 Å². The van der Waals surface area contributed by atoms with Gasteiger partial charge in [-0.3, -0.25) is 4.79 Å². The second-order valence-electron chi connectivity index (χ2n) is 5.34. The smallest absolute Gasteiger partial charge is 0.223 e. The van der Waals surface area contributed by atoms with Crippen molar-refractivity contribution in [2.45, 2.75) is 38.0 Å². The Morgan fingerprint density at radius 1 is 1.11 bits per heavy atom. The maximum atomic E-state index is 12.4. The number of carbonyl (C=O) groups excluding carboxylic acids is 1. The molecule has 2 N–H and O–H groups in total. The summed E-state index contributed by atoms with van der Waals surface area (Å²) in [4.78, 5) is 14.4. The molecule has 2 rings (SSSR count). The van der Waals surface area contributed by atoms with Crippen LogP contribution < -0.4 is 5.73 Å². The molecule has 1 fully saturated rings. The number of hydrogen-bond donors (Lipinski definition) is 1. The van der Waals surface area contributed by atoms with Crippen molar-refractivity contribution in [3.8, 4) is 0 Å². The molecule has 1 atom stereocenters. The van der Waals surface area contributed by atoms with E-state index in [1.807, 2.05) is 23.1 Å². The molecule has 0 aromatic heterocycles. The minimum absolute atomic E-state index is 0.150. The fraction of sp³-hybridized carbons (Fsp3) is 0.562. The summed E-state index contributed by atoms with van der Waals surface area (Å²) in [5.74, 6) is 0.415. The summed E-state index contributed by atoms with van der Waals surface area (Å²) in [6.07, 6.45) is 5.33. The van der Waals surface area contributed by atoms with Gasteiger partial charge in [0.15, 0.2) is 0 Å². The Morgan fingerprint density at radius 2 is 1.74 bits per heavy atom. The molecule has 0 aliphatic carbocycles. The van der Waals surface area contributed by atoms with Crippen LogP contribution in [-0.4, -0.2) is 30.4 Å². The van der Waals surface area contributed by atoms with E-state index in [0.717, 1.165) is 25.9 Å². The minimum Gasteiger partial charge on any atom is -0.343 e. The Morgan fingerprint density at radius 3 is 2.32 bits per heavy atom. The van der Waals surface area contributed by atoms with E-state index in [0.29, 0.717) is 13.0 Å². The molecule has 0 bridgehead atoms. The Hall–Kier alpha value is -1.35. The quantitative estimate of drug-likeness (QED) is 0.904. The van der Waals surface area contributed by atoms with Crippen molar-refractivity contribution in [2.24, 2.45) is 5.73 Å². The van der Waals surface area contributed by atoms with Crippen molar-refractivity contribution in [1.82, 2.24) is 4.90 Å². The van der Waals surface area contributed by atoms with Gasteiger partial charge in [0.05, 0.1) is 0 Å². The van der Waals surface area contributed by atoms with Crippen LogP contribution in [0.4, 0.5) is 0 Å². The number of amides is 1. The van der Waals surface area contributed by atoms with Crippen molar-refractivity contribution < 1.29 is 4.79 Å². The Labute approximate surface area is 115 Å². The van der Waals surface area contributed by atoms with Gasteiger partial charge in [-0.15, -0.1) is 0 Å². The molecule has 0 radical (unpaired) electrons. The summed E-state index contributed by atoms with van der Waals surface area (Å²) in [5, 5.41) is 0. The predicted octanol–water partition coefficient (Wildman–Crippen LogP) is 2.52. The van der Waals surface area contributed by atoms with E-state index in [2.05, 4.69) is 12.1 Å². The minimum atomic E-state index is 0.150. The lowest BCUT2D eigenvalue weighted by molar-refractivity contribution is -0.131. The third-order valence-corrected chi connectivity index (χ3v) is 3.94. The van der Waals surface area contributed by atoms with Gasteiger partial charge in [0, 0.05) is 25.4 Å². The SMILES string of the molecule is NCC(CC(=O)N1CCCCCC1)c1ccccc1. The van der Waals surface area contributed by atoms with Gasteiger partial charge in [-0.05, 0) is 24.9 Å². The first-order chi connectivity index (χ1) is 9.31. The monoisotopic (exact) mass is 260 g/mol. The molecule has 1 aliphatic rings. The Balaban J connectivity index is 1.96. The molecule has 1 aliphatic heterocycles. The second-order valence-corrected chi connectivity index (χ2v) is 5.34. The number of nitrogens with two attached hydrogens (primary N) is 1. The van der Waals surface area contributed by atoms with Crippen LogP contribution in [0.15, 0.2) is 30.3 Å². The zero-order valence-corrected chi connectivity index (χ0v) is 11.6. The highest BCUT2D eigenvalue weighted by molar-refractivity contribution is 5.77. The lowest BCUT2D eigenvalue weighted by Crippen LogP contribution is -2.33. The van der Waals surface area contributed by atoms with Crippen LogP contribution in [0.5, 0.6) is 0 Å². The van der Waals surface area contributed by atoms with Crippen LogP contribution in [0.1, 0.15) is 43.6 Å². The Bertz CT molecular complexity index is 383. The molecule has 104 valence electrons.